The fourth-order valence-electron chi connectivity index (χ4n) is 1.01. The summed E-state index contributed by atoms with van der Waals surface area (Å²) in [5.74, 6) is -0.331. The van der Waals surface area contributed by atoms with Crippen LogP contribution in [0.4, 0.5) is 5.82 Å². The first-order valence-corrected chi connectivity index (χ1v) is 4.96. The Bertz CT molecular complexity index is 384. The van der Waals surface area contributed by atoms with Gasteiger partial charge in [0.2, 0.25) is 0 Å². The van der Waals surface area contributed by atoms with Crippen LogP contribution in [-0.4, -0.2) is 41.0 Å². The largest absolute Gasteiger partial charge is 0.465 e. The number of anilines is 1. The number of methoxy groups -OCH3 is 1. The molecule has 88 valence electrons. The molecule has 1 aromatic rings. The highest BCUT2D eigenvalue weighted by atomic mass is 35.5. The Balaban J connectivity index is 2.93. The van der Waals surface area contributed by atoms with Gasteiger partial charge in [-0.3, -0.25) is 0 Å². The van der Waals surface area contributed by atoms with Crippen LogP contribution in [0.25, 0.3) is 0 Å². The fraction of sp³-hybridized carbons (Fsp3) is 0.444. The molecule has 16 heavy (non-hydrogen) atoms. The molecule has 1 aromatic heterocycles. The quantitative estimate of drug-likeness (QED) is 0.760. The smallest absolute Gasteiger partial charge is 0.341 e. The molecule has 1 heterocycles. The van der Waals surface area contributed by atoms with E-state index in [1.54, 1.807) is 6.92 Å². The highest BCUT2D eigenvalue weighted by Gasteiger charge is 2.15. The van der Waals surface area contributed by atoms with Crippen molar-refractivity contribution in [2.45, 2.75) is 13.0 Å². The number of hydrogen-bond donors (Lipinski definition) is 2. The Morgan fingerprint density at radius 3 is 2.94 bits per heavy atom. The van der Waals surface area contributed by atoms with Crippen LogP contribution in [0.1, 0.15) is 17.3 Å². The molecule has 1 atom stereocenters. The van der Waals surface area contributed by atoms with Crippen molar-refractivity contribution in [3.05, 3.63) is 16.8 Å². The number of nitrogens with zero attached hydrogens (tertiary/aromatic N) is 2. The minimum atomic E-state index is -0.567. The summed E-state index contributed by atoms with van der Waals surface area (Å²) in [6.45, 7) is 1.86. The number of ether oxygens (including phenoxy) is 1. The Morgan fingerprint density at radius 2 is 2.38 bits per heavy atom. The van der Waals surface area contributed by atoms with Crippen molar-refractivity contribution in [1.82, 2.24) is 10.2 Å². The highest BCUT2D eigenvalue weighted by Crippen LogP contribution is 2.16. The zero-order valence-corrected chi connectivity index (χ0v) is 9.65. The first-order chi connectivity index (χ1) is 7.54. The molecule has 7 heteroatoms. The summed E-state index contributed by atoms with van der Waals surface area (Å²) >= 11 is 5.62. The van der Waals surface area contributed by atoms with Gasteiger partial charge in [-0.2, -0.15) is 0 Å². The predicted octanol–water partition coefficient (Wildman–Crippen LogP) is 0.709. The SMILES string of the molecule is COC(=O)c1cc(Cl)nnc1NC[C@@H](C)O. The maximum absolute atomic E-state index is 11.4. The van der Waals surface area contributed by atoms with Crippen LogP contribution in [0.3, 0.4) is 0 Å². The van der Waals surface area contributed by atoms with Crippen LogP contribution in [-0.2, 0) is 4.74 Å². The van der Waals surface area contributed by atoms with Gasteiger partial charge in [0.1, 0.15) is 5.56 Å². The molecule has 0 saturated carbocycles. The molecule has 0 aliphatic heterocycles. The first kappa shape index (κ1) is 12.7. The minimum Gasteiger partial charge on any atom is -0.465 e. The van der Waals surface area contributed by atoms with Gasteiger partial charge in [0.05, 0.1) is 13.2 Å². The number of carbonyl (C=O) groups excluding carboxylic acids is 1. The average Bonchev–Trinajstić information content (AvgIpc) is 2.26. The number of aliphatic hydroxyl groups excluding tert-OH is 1. The third-order valence-electron chi connectivity index (χ3n) is 1.73. The molecule has 0 aliphatic carbocycles. The third kappa shape index (κ3) is 3.32. The Kier molecular flexibility index (Phi) is 4.45. The second-order valence-corrected chi connectivity index (χ2v) is 3.54. The predicted molar refractivity (Wildman–Crippen MR) is 58.6 cm³/mol. The number of nitrogens with one attached hydrogen (secondary N) is 1. The maximum atomic E-state index is 11.4. The standard InChI is InChI=1S/C9H12ClN3O3/c1-5(14)4-11-8-6(9(15)16-2)3-7(10)12-13-8/h3,5,14H,4H2,1-2H3,(H,11,13)/t5-/m1/s1. The van der Waals surface area contributed by atoms with E-state index < -0.39 is 12.1 Å². The fourth-order valence-corrected chi connectivity index (χ4v) is 1.16. The lowest BCUT2D eigenvalue weighted by Crippen LogP contribution is -2.19. The van der Waals surface area contributed by atoms with Crippen molar-refractivity contribution < 1.29 is 14.6 Å². The summed E-state index contributed by atoms with van der Waals surface area (Å²) in [6.07, 6.45) is -0.567. The van der Waals surface area contributed by atoms with Gasteiger partial charge in [-0.25, -0.2) is 4.79 Å². The topological polar surface area (TPSA) is 84.3 Å². The number of aromatic nitrogens is 2. The minimum absolute atomic E-state index is 0.1000. The van der Waals surface area contributed by atoms with Crippen LogP contribution in [0, 0.1) is 0 Å². The van der Waals surface area contributed by atoms with Crippen molar-refractivity contribution in [3.63, 3.8) is 0 Å². The van der Waals surface area contributed by atoms with Crippen LogP contribution in [0.2, 0.25) is 5.15 Å². The van der Waals surface area contributed by atoms with Gasteiger partial charge in [0.25, 0.3) is 0 Å². The number of halogens is 1. The van der Waals surface area contributed by atoms with Gasteiger partial charge in [0.15, 0.2) is 11.0 Å². The molecule has 0 aliphatic rings. The zero-order chi connectivity index (χ0) is 12.1. The molecular weight excluding hydrogens is 234 g/mol. The summed E-state index contributed by atoms with van der Waals surface area (Å²) in [5.41, 5.74) is 0.183. The van der Waals surface area contributed by atoms with Gasteiger partial charge in [-0.15, -0.1) is 10.2 Å². The summed E-state index contributed by atoms with van der Waals surface area (Å²) in [4.78, 5) is 11.4. The Labute approximate surface area is 97.6 Å². The molecule has 0 fully saturated rings. The van der Waals surface area contributed by atoms with E-state index in [2.05, 4.69) is 20.3 Å². The van der Waals surface area contributed by atoms with E-state index in [9.17, 15) is 4.79 Å². The van der Waals surface area contributed by atoms with Crippen LogP contribution >= 0.6 is 11.6 Å². The van der Waals surface area contributed by atoms with Gasteiger partial charge in [-0.1, -0.05) is 11.6 Å². The molecule has 6 nitrogen and oxygen atoms in total. The normalized spacial score (nSPS) is 12.0. The number of aliphatic hydroxyl groups is 1. The summed E-state index contributed by atoms with van der Waals surface area (Å²) < 4.78 is 4.57. The van der Waals surface area contributed by atoms with E-state index in [4.69, 9.17) is 16.7 Å². The zero-order valence-electron chi connectivity index (χ0n) is 8.90. The first-order valence-electron chi connectivity index (χ1n) is 4.58. The monoisotopic (exact) mass is 245 g/mol. The van der Waals surface area contributed by atoms with Crippen LogP contribution < -0.4 is 5.32 Å². The summed E-state index contributed by atoms with van der Waals surface area (Å²) in [6, 6.07) is 1.35. The second kappa shape index (κ2) is 5.62. The van der Waals surface area contributed by atoms with Gasteiger partial charge < -0.3 is 15.2 Å². The molecular formula is C9H12ClN3O3. The highest BCUT2D eigenvalue weighted by molar-refractivity contribution is 6.29. The Morgan fingerprint density at radius 1 is 1.69 bits per heavy atom. The van der Waals surface area contributed by atoms with Crippen molar-refractivity contribution in [1.29, 1.82) is 0 Å². The summed E-state index contributed by atoms with van der Waals surface area (Å²) in [5, 5.41) is 19.3. The van der Waals surface area contributed by atoms with Gasteiger partial charge in [0, 0.05) is 6.54 Å². The molecule has 2 N–H and O–H groups in total. The molecule has 0 amide bonds. The summed E-state index contributed by atoms with van der Waals surface area (Å²) in [7, 11) is 1.26. The second-order valence-electron chi connectivity index (χ2n) is 3.15. The lowest BCUT2D eigenvalue weighted by Gasteiger charge is -2.10. The van der Waals surface area contributed by atoms with Gasteiger partial charge >= 0.3 is 5.97 Å². The lowest BCUT2D eigenvalue weighted by atomic mass is 10.2. The maximum Gasteiger partial charge on any atom is 0.341 e. The van der Waals surface area contributed by atoms with E-state index in [-0.39, 0.29) is 23.1 Å². The van der Waals surface area contributed by atoms with E-state index in [1.165, 1.54) is 13.2 Å². The number of rotatable bonds is 4. The van der Waals surface area contributed by atoms with E-state index in [1.807, 2.05) is 0 Å². The van der Waals surface area contributed by atoms with Crippen LogP contribution in [0.5, 0.6) is 0 Å². The Hall–Kier alpha value is -1.40. The van der Waals surface area contributed by atoms with Crippen molar-refractivity contribution in [3.8, 4) is 0 Å². The molecule has 0 spiro atoms. The average molecular weight is 246 g/mol. The van der Waals surface area contributed by atoms with Crippen molar-refractivity contribution in [2.24, 2.45) is 0 Å². The molecule has 0 saturated heterocycles. The number of carbonyl (C=O) groups is 1. The molecule has 1 rings (SSSR count). The third-order valence-corrected chi connectivity index (χ3v) is 1.92. The van der Waals surface area contributed by atoms with Crippen molar-refractivity contribution >= 4 is 23.4 Å². The molecule has 0 radical (unpaired) electrons. The van der Waals surface area contributed by atoms with Gasteiger partial charge in [-0.05, 0) is 13.0 Å². The van der Waals surface area contributed by atoms with E-state index >= 15 is 0 Å². The lowest BCUT2D eigenvalue weighted by molar-refractivity contribution is 0.0601. The van der Waals surface area contributed by atoms with E-state index in [0.717, 1.165) is 0 Å². The molecule has 0 aromatic carbocycles. The van der Waals surface area contributed by atoms with Crippen molar-refractivity contribution in [2.75, 3.05) is 19.0 Å². The molecule has 0 bridgehead atoms. The molecule has 0 unspecified atom stereocenters. The van der Waals surface area contributed by atoms with E-state index in [0.29, 0.717) is 0 Å². The van der Waals surface area contributed by atoms with Crippen LogP contribution in [0.15, 0.2) is 6.07 Å². The number of esters is 1. The number of hydrogen-bond acceptors (Lipinski definition) is 6.